The van der Waals surface area contributed by atoms with Crippen LogP contribution in [-0.4, -0.2) is 23.5 Å². The summed E-state index contributed by atoms with van der Waals surface area (Å²) in [6, 6.07) is 11.3. The summed E-state index contributed by atoms with van der Waals surface area (Å²) in [5.41, 5.74) is 6.37. The predicted molar refractivity (Wildman–Crippen MR) is 103 cm³/mol. The molecular weight excluding hydrogens is 346 g/mol. The Kier molecular flexibility index (Phi) is 4.94. The zero-order valence-electron chi connectivity index (χ0n) is 15.0. The molecule has 3 rings (SSSR count). The van der Waals surface area contributed by atoms with Gasteiger partial charge in [0.05, 0.1) is 18.0 Å². The van der Waals surface area contributed by atoms with Gasteiger partial charge in [-0.15, -0.1) is 0 Å². The van der Waals surface area contributed by atoms with Crippen molar-refractivity contribution in [2.75, 3.05) is 12.4 Å². The molecular formula is C20H19N3O4. The fourth-order valence-corrected chi connectivity index (χ4v) is 2.84. The van der Waals surface area contributed by atoms with Crippen LogP contribution in [0.3, 0.4) is 0 Å². The van der Waals surface area contributed by atoms with Crippen molar-refractivity contribution in [1.82, 2.24) is 4.57 Å². The maximum absolute atomic E-state index is 12.8. The van der Waals surface area contributed by atoms with Gasteiger partial charge < -0.3 is 20.4 Å². The van der Waals surface area contributed by atoms with Gasteiger partial charge in [-0.25, -0.2) is 0 Å². The van der Waals surface area contributed by atoms with E-state index in [-0.39, 0.29) is 11.0 Å². The molecule has 0 atom stereocenters. The Hall–Kier alpha value is -3.61. The lowest BCUT2D eigenvalue weighted by Gasteiger charge is -2.13. The van der Waals surface area contributed by atoms with Crippen LogP contribution < -0.4 is 21.2 Å². The van der Waals surface area contributed by atoms with Gasteiger partial charge in [-0.1, -0.05) is 0 Å². The fourth-order valence-electron chi connectivity index (χ4n) is 2.84. The summed E-state index contributed by atoms with van der Waals surface area (Å²) < 4.78 is 7.03. The van der Waals surface area contributed by atoms with Crippen molar-refractivity contribution in [2.24, 2.45) is 5.73 Å². The lowest BCUT2D eigenvalue weighted by Crippen LogP contribution is -2.24. The largest absolute Gasteiger partial charge is 0.497 e. The van der Waals surface area contributed by atoms with E-state index < -0.39 is 11.8 Å². The number of hydrogen-bond donors (Lipinski definition) is 2. The standard InChI is InChI=1S/C20H19N3O4/c1-3-23-11-16(18(24)15-10-14(27-2)8-9-17(15)23)20(26)22-13-6-4-12(5-7-13)19(21)25/h4-11H,3H2,1-2H3,(H2,21,25)(H,22,26). The van der Waals surface area contributed by atoms with Crippen LogP contribution in [0.5, 0.6) is 5.75 Å². The SMILES string of the molecule is CCn1cc(C(=O)Nc2ccc(C(N)=O)cc2)c(=O)c2cc(OC)ccc21. The van der Waals surface area contributed by atoms with E-state index in [4.69, 9.17) is 10.5 Å². The van der Waals surface area contributed by atoms with E-state index in [1.165, 1.54) is 19.2 Å². The van der Waals surface area contributed by atoms with Crippen molar-refractivity contribution >= 4 is 28.4 Å². The van der Waals surface area contributed by atoms with Crippen molar-refractivity contribution < 1.29 is 14.3 Å². The Morgan fingerprint density at radius 1 is 1.15 bits per heavy atom. The molecule has 0 aliphatic rings. The first-order valence-corrected chi connectivity index (χ1v) is 8.37. The minimum Gasteiger partial charge on any atom is -0.497 e. The van der Waals surface area contributed by atoms with E-state index in [9.17, 15) is 14.4 Å². The number of nitrogens with two attached hydrogens (primary N) is 1. The number of benzene rings is 2. The predicted octanol–water partition coefficient (Wildman–Crippen LogP) is 2.38. The molecule has 7 heteroatoms. The third-order valence-corrected chi connectivity index (χ3v) is 4.30. The highest BCUT2D eigenvalue weighted by molar-refractivity contribution is 6.06. The number of methoxy groups -OCH3 is 1. The van der Waals surface area contributed by atoms with Crippen LogP contribution in [0.1, 0.15) is 27.6 Å². The van der Waals surface area contributed by atoms with Gasteiger partial charge in [-0.2, -0.15) is 0 Å². The normalized spacial score (nSPS) is 10.6. The number of aromatic nitrogens is 1. The molecule has 3 N–H and O–H groups in total. The number of carbonyl (C=O) groups is 2. The number of aryl methyl sites for hydroxylation is 1. The van der Waals surface area contributed by atoms with Gasteiger partial charge in [0.15, 0.2) is 0 Å². The fraction of sp³-hybridized carbons (Fsp3) is 0.150. The van der Waals surface area contributed by atoms with E-state index in [0.717, 1.165) is 5.52 Å². The third-order valence-electron chi connectivity index (χ3n) is 4.30. The van der Waals surface area contributed by atoms with Gasteiger partial charge in [-0.3, -0.25) is 14.4 Å². The second-order valence-electron chi connectivity index (χ2n) is 5.94. The van der Waals surface area contributed by atoms with E-state index in [1.807, 2.05) is 11.5 Å². The lowest BCUT2D eigenvalue weighted by atomic mass is 10.1. The molecule has 0 spiro atoms. The minimum atomic E-state index is -0.554. The quantitative estimate of drug-likeness (QED) is 0.724. The molecule has 1 aromatic heterocycles. The Morgan fingerprint density at radius 2 is 1.85 bits per heavy atom. The Bertz CT molecular complexity index is 1080. The molecule has 0 fully saturated rings. The van der Waals surface area contributed by atoms with E-state index >= 15 is 0 Å². The molecule has 7 nitrogen and oxygen atoms in total. The molecule has 0 unspecified atom stereocenters. The van der Waals surface area contributed by atoms with Gasteiger partial charge in [0, 0.05) is 24.0 Å². The molecule has 0 saturated carbocycles. The zero-order chi connectivity index (χ0) is 19.6. The number of carbonyl (C=O) groups excluding carboxylic acids is 2. The number of nitrogens with zero attached hydrogens (tertiary/aromatic N) is 1. The maximum atomic E-state index is 12.8. The molecule has 0 bridgehead atoms. The summed E-state index contributed by atoms with van der Waals surface area (Å²) in [6.07, 6.45) is 1.55. The summed E-state index contributed by atoms with van der Waals surface area (Å²) in [4.78, 5) is 36.7. The molecule has 0 radical (unpaired) electrons. The number of amides is 2. The number of anilines is 1. The van der Waals surface area contributed by atoms with Crippen LogP contribution in [0.4, 0.5) is 5.69 Å². The minimum absolute atomic E-state index is 0.0246. The first-order valence-electron chi connectivity index (χ1n) is 8.37. The van der Waals surface area contributed by atoms with Gasteiger partial charge in [-0.05, 0) is 49.4 Å². The molecule has 1 heterocycles. The number of rotatable bonds is 5. The summed E-state index contributed by atoms with van der Waals surface area (Å²) in [6.45, 7) is 2.52. The summed E-state index contributed by atoms with van der Waals surface area (Å²) in [7, 11) is 1.52. The van der Waals surface area contributed by atoms with Crippen LogP contribution >= 0.6 is 0 Å². The molecule has 2 amide bonds. The monoisotopic (exact) mass is 365 g/mol. The average molecular weight is 365 g/mol. The number of primary amides is 1. The van der Waals surface area contributed by atoms with Gasteiger partial charge in [0.1, 0.15) is 11.3 Å². The number of pyridine rings is 1. The van der Waals surface area contributed by atoms with Crippen LogP contribution in [0.25, 0.3) is 10.9 Å². The zero-order valence-corrected chi connectivity index (χ0v) is 15.0. The number of fused-ring (bicyclic) bond motifs is 1. The van der Waals surface area contributed by atoms with Gasteiger partial charge in [0.2, 0.25) is 11.3 Å². The lowest BCUT2D eigenvalue weighted by molar-refractivity contribution is 0.0998. The maximum Gasteiger partial charge on any atom is 0.261 e. The molecule has 0 saturated heterocycles. The molecule has 2 aromatic carbocycles. The Labute approximate surface area is 155 Å². The van der Waals surface area contributed by atoms with Crippen LogP contribution in [0.2, 0.25) is 0 Å². The second-order valence-corrected chi connectivity index (χ2v) is 5.94. The number of hydrogen-bond acceptors (Lipinski definition) is 4. The third kappa shape index (κ3) is 3.52. The first-order chi connectivity index (χ1) is 12.9. The van der Waals surface area contributed by atoms with E-state index in [2.05, 4.69) is 5.32 Å². The van der Waals surface area contributed by atoms with E-state index in [1.54, 1.807) is 36.5 Å². The highest BCUT2D eigenvalue weighted by Gasteiger charge is 2.16. The number of nitrogens with one attached hydrogen (secondary N) is 1. The molecule has 138 valence electrons. The van der Waals surface area contributed by atoms with Crippen molar-refractivity contribution in [3.63, 3.8) is 0 Å². The van der Waals surface area contributed by atoms with Crippen molar-refractivity contribution in [3.8, 4) is 5.75 Å². The summed E-state index contributed by atoms with van der Waals surface area (Å²) in [5, 5.41) is 3.08. The molecule has 3 aromatic rings. The van der Waals surface area contributed by atoms with Crippen LogP contribution in [0, 0.1) is 0 Å². The van der Waals surface area contributed by atoms with Gasteiger partial charge in [0.25, 0.3) is 5.91 Å². The highest BCUT2D eigenvalue weighted by Crippen LogP contribution is 2.19. The van der Waals surface area contributed by atoms with Gasteiger partial charge >= 0.3 is 0 Å². The Balaban J connectivity index is 2.02. The average Bonchev–Trinajstić information content (AvgIpc) is 2.68. The second kappa shape index (κ2) is 7.33. The number of ether oxygens (including phenoxy) is 1. The summed E-state index contributed by atoms with van der Waals surface area (Å²) >= 11 is 0. The molecule has 27 heavy (non-hydrogen) atoms. The first kappa shape index (κ1) is 18.2. The Morgan fingerprint density at radius 3 is 2.44 bits per heavy atom. The van der Waals surface area contributed by atoms with Crippen LogP contribution in [0.15, 0.2) is 53.5 Å². The molecule has 0 aliphatic carbocycles. The van der Waals surface area contributed by atoms with Crippen molar-refractivity contribution in [3.05, 3.63) is 70.0 Å². The smallest absolute Gasteiger partial charge is 0.261 e. The summed E-state index contributed by atoms with van der Waals surface area (Å²) in [5.74, 6) is -0.539. The van der Waals surface area contributed by atoms with Crippen molar-refractivity contribution in [2.45, 2.75) is 13.5 Å². The van der Waals surface area contributed by atoms with Crippen molar-refractivity contribution in [1.29, 1.82) is 0 Å². The molecule has 0 aliphatic heterocycles. The topological polar surface area (TPSA) is 103 Å². The highest BCUT2D eigenvalue weighted by atomic mass is 16.5. The van der Waals surface area contributed by atoms with Crippen LogP contribution in [-0.2, 0) is 6.54 Å². The van der Waals surface area contributed by atoms with E-state index in [0.29, 0.717) is 28.9 Å².